The lowest BCUT2D eigenvalue weighted by Crippen LogP contribution is -2.24. The van der Waals surface area contributed by atoms with Gasteiger partial charge in [0.05, 0.1) is 0 Å². The van der Waals surface area contributed by atoms with Gasteiger partial charge in [-0.3, -0.25) is 19.3 Å². The van der Waals surface area contributed by atoms with E-state index in [0.29, 0.717) is 51.5 Å². The minimum absolute atomic E-state index is 0.186. The van der Waals surface area contributed by atoms with Gasteiger partial charge in [0.2, 0.25) is 11.6 Å². The zero-order chi connectivity index (χ0) is 46.7. The lowest BCUT2D eigenvalue weighted by molar-refractivity contribution is 0.104. The Kier molecular flexibility index (Phi) is 15.4. The molecule has 362 valence electrons. The second-order valence-corrected chi connectivity index (χ2v) is 29.9. The van der Waals surface area contributed by atoms with Crippen molar-refractivity contribution in [3.8, 4) is 11.1 Å². The Morgan fingerprint density at radius 2 is 0.716 bits per heavy atom. The van der Waals surface area contributed by atoms with E-state index in [1.54, 1.807) is 0 Å². The molecule has 0 N–H and O–H groups in total. The highest BCUT2D eigenvalue weighted by atomic mass is 31.2. The van der Waals surface area contributed by atoms with Gasteiger partial charge in [0.25, 0.3) is 0 Å². The molecule has 0 aromatic heterocycles. The van der Waals surface area contributed by atoms with Crippen LogP contribution < -0.4 is 0 Å². The highest BCUT2D eigenvalue weighted by Crippen LogP contribution is 2.73. The molecule has 12 heteroatoms. The Labute approximate surface area is 400 Å². The highest BCUT2D eigenvalue weighted by Gasteiger charge is 2.48. The number of ketones is 2. The molecule has 0 saturated heterocycles. The summed E-state index contributed by atoms with van der Waals surface area (Å²) in [5.74, 6) is -1.19. The fourth-order valence-corrected chi connectivity index (χ4v) is 26.6. The van der Waals surface area contributed by atoms with E-state index in [2.05, 4.69) is 10.3 Å². The number of nitrogens with zero attached hydrogens (tertiary/aromatic N) is 4. The molecule has 0 heterocycles. The number of hydrogen-bond acceptors (Lipinski definition) is 8. The summed E-state index contributed by atoms with van der Waals surface area (Å²) in [6, 6.07) is 11.4. The number of amides is 2. The van der Waals surface area contributed by atoms with E-state index in [1.807, 2.05) is 64.1 Å². The molecule has 67 heavy (non-hydrogen) atoms. The molecule has 0 aliphatic heterocycles. The van der Waals surface area contributed by atoms with Crippen LogP contribution >= 0.6 is 14.1 Å². The molecule has 6 fully saturated rings. The van der Waals surface area contributed by atoms with Crippen molar-refractivity contribution in [2.75, 3.05) is 0 Å². The van der Waals surface area contributed by atoms with E-state index in [4.69, 9.17) is 19.2 Å². The predicted octanol–water partition coefficient (Wildman–Crippen LogP) is 16.0. The van der Waals surface area contributed by atoms with E-state index in [-0.39, 0.29) is 34.8 Å². The Morgan fingerprint density at radius 1 is 0.448 bits per heavy atom. The maximum Gasteiger partial charge on any atom is 0.458 e. The van der Waals surface area contributed by atoms with Crippen molar-refractivity contribution in [1.82, 2.24) is 0 Å². The van der Waals surface area contributed by atoms with Crippen LogP contribution in [0.2, 0.25) is 0 Å². The molecule has 0 unspecified atom stereocenters. The Hall–Kier alpha value is -3.48. The fourth-order valence-electron chi connectivity index (χ4n) is 14.2. The van der Waals surface area contributed by atoms with E-state index in [9.17, 15) is 19.2 Å². The molecule has 0 spiro atoms. The quantitative estimate of drug-likeness (QED) is 0.0519. The number of carbonyl (C=O) groups is 4. The van der Waals surface area contributed by atoms with Gasteiger partial charge in [-0.2, -0.15) is 9.49 Å². The summed E-state index contributed by atoms with van der Waals surface area (Å²) in [5.41, 5.74) is 8.16. The van der Waals surface area contributed by atoms with Crippen molar-refractivity contribution in [2.24, 2.45) is 31.6 Å². The number of rotatable bonds is 14. The van der Waals surface area contributed by atoms with E-state index in [1.165, 1.54) is 77.0 Å². The smallest absolute Gasteiger partial charge is 0.296 e. The standard InChI is InChI=1S/C55H76N4O6P2/c1-36(2)50(56-64-54(62)58-66(42-17-5-6-18-42,43-19-7-8-20-43)44-21-9-10-22-44)52(60)40-31-29-38-33-39-30-32-41(35-49(39)48(38)34-40)53(61)51(37(3)4)57-65-55(63)59-67(45-23-11-12-24-45,46-25-13-14-26-46)47-27-15-16-28-47/h29-32,34-37,42-47H,5-28,33H2,1-4H3/b56-50+,57-51+. The average Bonchev–Trinajstić information content (AvgIpc) is 4.18. The largest absolute Gasteiger partial charge is 0.458 e. The summed E-state index contributed by atoms with van der Waals surface area (Å²) in [6.07, 6.45) is 27.9. The van der Waals surface area contributed by atoms with Crippen LogP contribution in [-0.2, 0) is 16.1 Å². The molecule has 10 nitrogen and oxygen atoms in total. The SMILES string of the molecule is CC(C)/C(=N\OC(=O)N=P(C1CCCC1)(C1CCCC1)C1CCCC1)C(=O)c1ccc2c(c1)-c1cc(C(=O)/C(=N/OC(=O)N=P(C3CCCC3)(C3CCCC3)C3CCCC3)C(C)C)ccc1C2. The van der Waals surface area contributed by atoms with Crippen molar-refractivity contribution in [1.29, 1.82) is 0 Å². The van der Waals surface area contributed by atoms with Crippen LogP contribution in [0.3, 0.4) is 0 Å². The van der Waals surface area contributed by atoms with Gasteiger partial charge >= 0.3 is 12.2 Å². The molecule has 7 aliphatic rings. The third-order valence-corrected chi connectivity index (χ3v) is 28.5. The van der Waals surface area contributed by atoms with Crippen molar-refractivity contribution in [3.63, 3.8) is 0 Å². The monoisotopic (exact) mass is 951 g/mol. The summed E-state index contributed by atoms with van der Waals surface area (Å²) < 4.78 is 10.4. The van der Waals surface area contributed by atoms with Crippen LogP contribution in [0.1, 0.15) is 214 Å². The third kappa shape index (κ3) is 9.84. The average molecular weight is 951 g/mol. The minimum atomic E-state index is -2.01. The van der Waals surface area contributed by atoms with E-state index >= 15 is 0 Å². The second-order valence-electron chi connectivity index (χ2n) is 22.0. The molecular weight excluding hydrogens is 875 g/mol. The van der Waals surface area contributed by atoms with Gasteiger partial charge in [-0.05, 0) is 166 Å². The topological polar surface area (TPSA) is 136 Å². The number of hydrogen-bond donors (Lipinski definition) is 0. The number of oxime groups is 2. The number of carbonyl (C=O) groups excluding carboxylic acids is 4. The lowest BCUT2D eigenvalue weighted by Gasteiger charge is -2.40. The number of benzene rings is 2. The summed E-state index contributed by atoms with van der Waals surface area (Å²) in [5, 5.41) is 8.65. The molecule has 9 rings (SSSR count). The Morgan fingerprint density at radius 3 is 0.970 bits per heavy atom. The van der Waals surface area contributed by atoms with Gasteiger partial charge in [-0.25, -0.2) is 9.59 Å². The zero-order valence-corrected chi connectivity index (χ0v) is 42.7. The second kappa shape index (κ2) is 21.3. The summed E-state index contributed by atoms with van der Waals surface area (Å²) in [4.78, 5) is 67.9. The first-order valence-corrected chi connectivity index (χ1v) is 30.6. The maximum absolute atomic E-state index is 14.3. The summed E-state index contributed by atoms with van der Waals surface area (Å²) in [6.45, 7) is 7.58. The molecule has 2 aromatic rings. The van der Waals surface area contributed by atoms with Crippen LogP contribution in [0.25, 0.3) is 11.1 Å². The molecule has 0 radical (unpaired) electrons. The normalized spacial score (nSPS) is 21.8. The molecule has 0 bridgehead atoms. The van der Waals surface area contributed by atoms with Crippen LogP contribution in [0.5, 0.6) is 0 Å². The van der Waals surface area contributed by atoms with E-state index in [0.717, 1.165) is 99.3 Å². The Balaban J connectivity index is 0.952. The lowest BCUT2D eigenvalue weighted by atomic mass is 9.93. The van der Waals surface area contributed by atoms with Gasteiger partial charge < -0.3 is 0 Å². The molecule has 2 amide bonds. The summed E-state index contributed by atoms with van der Waals surface area (Å²) in [7, 11) is -4.03. The van der Waals surface area contributed by atoms with Gasteiger partial charge in [0.15, 0.2) is 0 Å². The molecule has 7 aliphatic carbocycles. The van der Waals surface area contributed by atoms with Gasteiger partial charge in [-0.1, -0.05) is 139 Å². The maximum atomic E-state index is 14.3. The molecule has 2 aromatic carbocycles. The van der Waals surface area contributed by atoms with Crippen molar-refractivity contribution in [3.05, 3.63) is 58.7 Å². The van der Waals surface area contributed by atoms with Crippen LogP contribution in [0.4, 0.5) is 9.59 Å². The third-order valence-electron chi connectivity index (χ3n) is 17.4. The van der Waals surface area contributed by atoms with Crippen molar-refractivity contribution < 1.29 is 28.9 Å². The molecular formula is C55H76N4O6P2. The summed E-state index contributed by atoms with van der Waals surface area (Å²) >= 11 is 0. The van der Waals surface area contributed by atoms with Gasteiger partial charge in [0, 0.05) is 23.0 Å². The zero-order valence-electron chi connectivity index (χ0n) is 40.9. The van der Waals surface area contributed by atoms with E-state index < -0.39 is 26.3 Å². The number of Topliss-reactive ketones (excluding diaryl/α,β-unsaturated/α-hetero) is 2. The first-order valence-electron chi connectivity index (χ1n) is 26.7. The van der Waals surface area contributed by atoms with Crippen molar-refractivity contribution in [2.45, 2.75) is 222 Å². The highest BCUT2D eigenvalue weighted by molar-refractivity contribution is 7.69. The van der Waals surface area contributed by atoms with Crippen molar-refractivity contribution >= 4 is 49.3 Å². The van der Waals surface area contributed by atoms with Crippen LogP contribution in [0.15, 0.2) is 56.2 Å². The molecule has 6 saturated carbocycles. The van der Waals surface area contributed by atoms with Gasteiger partial charge in [0.1, 0.15) is 11.4 Å². The Bertz CT molecular complexity index is 2110. The minimum Gasteiger partial charge on any atom is -0.296 e. The van der Waals surface area contributed by atoms with Gasteiger partial charge in [-0.15, -0.1) is 0 Å². The first-order chi connectivity index (χ1) is 32.5. The number of fused-ring (bicyclic) bond motifs is 3. The fraction of sp³-hybridized carbons (Fsp3) is 0.673. The predicted molar refractivity (Wildman–Crippen MR) is 273 cm³/mol. The van der Waals surface area contributed by atoms with Crippen LogP contribution in [-0.4, -0.2) is 69.1 Å². The first kappa shape index (κ1) is 48.5. The van der Waals surface area contributed by atoms with Crippen LogP contribution in [0, 0.1) is 11.8 Å². The molecule has 0 atom stereocenters.